The Morgan fingerprint density at radius 3 is 2.90 bits per heavy atom. The molecule has 1 aromatic rings. The number of nitrogens with zero attached hydrogens (tertiary/aromatic N) is 1. The van der Waals surface area contributed by atoms with Crippen molar-refractivity contribution in [3.8, 4) is 5.75 Å². The molecule has 0 aliphatic carbocycles. The van der Waals surface area contributed by atoms with Gasteiger partial charge in [0.1, 0.15) is 11.3 Å². The Hall–Kier alpha value is -1.56. The first-order valence-electron chi connectivity index (χ1n) is 6.36. The summed E-state index contributed by atoms with van der Waals surface area (Å²) in [4.78, 5) is 24.9. The molecular weight excluding hydrogens is 326 g/mol. The number of carboxylic acid groups (broad SMARTS) is 1. The van der Waals surface area contributed by atoms with Crippen LogP contribution in [0.2, 0.25) is 0 Å². The molecule has 1 aromatic carbocycles. The summed E-state index contributed by atoms with van der Waals surface area (Å²) in [7, 11) is 0. The van der Waals surface area contributed by atoms with E-state index < -0.39 is 11.5 Å². The van der Waals surface area contributed by atoms with Crippen LogP contribution in [0.25, 0.3) is 0 Å². The van der Waals surface area contributed by atoms with Crippen molar-refractivity contribution in [1.29, 1.82) is 0 Å². The summed E-state index contributed by atoms with van der Waals surface area (Å²) in [6.45, 7) is 1.89. The lowest BCUT2D eigenvalue weighted by Gasteiger charge is -2.31. The standard InChI is InChI=1S/C14H16BrNO4/c1-14(13(18)19)6-3-7-16(14)12(17)9-20-11-5-2-4-10(15)8-11/h2,4-5,8H,3,6-7,9H2,1H3,(H,18,19). The highest BCUT2D eigenvalue weighted by Crippen LogP contribution is 2.29. The molecule has 6 heteroatoms. The van der Waals surface area contributed by atoms with Gasteiger partial charge >= 0.3 is 5.97 Å². The van der Waals surface area contributed by atoms with Crippen molar-refractivity contribution in [2.45, 2.75) is 25.3 Å². The molecule has 1 atom stereocenters. The van der Waals surface area contributed by atoms with Gasteiger partial charge in [-0.05, 0) is 38.0 Å². The Morgan fingerprint density at radius 2 is 2.25 bits per heavy atom. The Balaban J connectivity index is 2.00. The monoisotopic (exact) mass is 341 g/mol. The van der Waals surface area contributed by atoms with E-state index in [0.29, 0.717) is 25.1 Å². The van der Waals surface area contributed by atoms with E-state index in [-0.39, 0.29) is 12.5 Å². The van der Waals surface area contributed by atoms with E-state index in [4.69, 9.17) is 4.74 Å². The lowest BCUT2D eigenvalue weighted by molar-refractivity contribution is -0.156. The molecule has 1 amide bonds. The highest BCUT2D eigenvalue weighted by molar-refractivity contribution is 9.10. The van der Waals surface area contributed by atoms with E-state index >= 15 is 0 Å². The van der Waals surface area contributed by atoms with Gasteiger partial charge < -0.3 is 14.7 Å². The second kappa shape index (κ2) is 5.83. The van der Waals surface area contributed by atoms with Gasteiger partial charge in [-0.2, -0.15) is 0 Å². The molecule has 1 aliphatic heterocycles. The number of hydrogen-bond donors (Lipinski definition) is 1. The number of carbonyl (C=O) groups excluding carboxylic acids is 1. The van der Waals surface area contributed by atoms with Crippen LogP contribution in [0, 0.1) is 0 Å². The van der Waals surface area contributed by atoms with Crippen LogP contribution in [-0.2, 0) is 9.59 Å². The van der Waals surface area contributed by atoms with Gasteiger partial charge in [0.2, 0.25) is 0 Å². The molecule has 5 nitrogen and oxygen atoms in total. The summed E-state index contributed by atoms with van der Waals surface area (Å²) in [5, 5.41) is 9.27. The van der Waals surface area contributed by atoms with E-state index in [2.05, 4.69) is 15.9 Å². The maximum Gasteiger partial charge on any atom is 0.329 e. The van der Waals surface area contributed by atoms with E-state index in [1.54, 1.807) is 25.1 Å². The van der Waals surface area contributed by atoms with Gasteiger partial charge in [-0.3, -0.25) is 4.79 Å². The highest BCUT2D eigenvalue weighted by atomic mass is 79.9. The molecule has 1 saturated heterocycles. The largest absolute Gasteiger partial charge is 0.484 e. The number of amides is 1. The quantitative estimate of drug-likeness (QED) is 0.912. The smallest absolute Gasteiger partial charge is 0.329 e. The van der Waals surface area contributed by atoms with Crippen molar-refractivity contribution in [3.63, 3.8) is 0 Å². The van der Waals surface area contributed by atoms with Crippen molar-refractivity contribution in [2.75, 3.05) is 13.2 Å². The molecule has 0 radical (unpaired) electrons. The van der Waals surface area contributed by atoms with E-state index in [1.165, 1.54) is 4.90 Å². The lowest BCUT2D eigenvalue weighted by atomic mass is 9.99. The van der Waals surface area contributed by atoms with Crippen LogP contribution >= 0.6 is 15.9 Å². The first kappa shape index (κ1) is 14.8. The Bertz CT molecular complexity index is 534. The van der Waals surface area contributed by atoms with Crippen LogP contribution in [0.15, 0.2) is 28.7 Å². The second-order valence-electron chi connectivity index (χ2n) is 4.97. The molecule has 1 unspecified atom stereocenters. The van der Waals surface area contributed by atoms with Gasteiger partial charge in [0, 0.05) is 11.0 Å². The zero-order valence-electron chi connectivity index (χ0n) is 11.1. The number of carbonyl (C=O) groups is 2. The highest BCUT2D eigenvalue weighted by Gasteiger charge is 2.45. The van der Waals surface area contributed by atoms with Gasteiger partial charge in [0.15, 0.2) is 6.61 Å². The maximum atomic E-state index is 12.1. The van der Waals surface area contributed by atoms with Gasteiger partial charge in [-0.25, -0.2) is 4.79 Å². The molecule has 0 aromatic heterocycles. The van der Waals surface area contributed by atoms with E-state index in [0.717, 1.165) is 4.47 Å². The summed E-state index contributed by atoms with van der Waals surface area (Å²) in [6, 6.07) is 7.17. The molecule has 0 bridgehead atoms. The zero-order chi connectivity index (χ0) is 14.8. The van der Waals surface area contributed by atoms with Gasteiger partial charge in [-0.15, -0.1) is 0 Å². The predicted octanol–water partition coefficient (Wildman–Crippen LogP) is 2.29. The second-order valence-corrected chi connectivity index (χ2v) is 5.89. The average molecular weight is 342 g/mol. The minimum Gasteiger partial charge on any atom is -0.484 e. The lowest BCUT2D eigenvalue weighted by Crippen LogP contribution is -2.52. The molecule has 1 fully saturated rings. The molecule has 0 spiro atoms. The summed E-state index contributed by atoms with van der Waals surface area (Å²) >= 11 is 3.32. The minimum atomic E-state index is -1.11. The van der Waals surface area contributed by atoms with Crippen molar-refractivity contribution < 1.29 is 19.4 Å². The first-order valence-corrected chi connectivity index (χ1v) is 7.15. The number of hydrogen-bond acceptors (Lipinski definition) is 3. The van der Waals surface area contributed by atoms with Crippen LogP contribution in [-0.4, -0.2) is 40.6 Å². The molecule has 0 saturated carbocycles. The minimum absolute atomic E-state index is 0.153. The molecule has 2 rings (SSSR count). The SMILES string of the molecule is CC1(C(=O)O)CCCN1C(=O)COc1cccc(Br)c1. The summed E-state index contributed by atoms with van der Waals surface area (Å²) in [5.74, 6) is -0.692. The number of halogens is 1. The van der Waals surface area contributed by atoms with Crippen LogP contribution < -0.4 is 4.74 Å². The molecule has 108 valence electrons. The number of carboxylic acids is 1. The van der Waals surface area contributed by atoms with Crippen LogP contribution in [0.3, 0.4) is 0 Å². The fourth-order valence-electron chi connectivity index (χ4n) is 2.37. The third-order valence-corrected chi connectivity index (χ3v) is 4.05. The molecule has 20 heavy (non-hydrogen) atoms. The number of likely N-dealkylation sites (tertiary alicyclic amines) is 1. The van der Waals surface area contributed by atoms with Gasteiger partial charge in [0.25, 0.3) is 5.91 Å². The Kier molecular flexibility index (Phi) is 4.32. The van der Waals surface area contributed by atoms with Crippen molar-refractivity contribution in [3.05, 3.63) is 28.7 Å². The average Bonchev–Trinajstić information content (AvgIpc) is 2.80. The Morgan fingerprint density at radius 1 is 1.50 bits per heavy atom. The fourth-order valence-corrected chi connectivity index (χ4v) is 2.74. The number of ether oxygens (including phenoxy) is 1. The van der Waals surface area contributed by atoms with Crippen molar-refractivity contribution in [1.82, 2.24) is 4.90 Å². The van der Waals surface area contributed by atoms with E-state index in [9.17, 15) is 14.7 Å². The topological polar surface area (TPSA) is 66.8 Å². The zero-order valence-corrected chi connectivity index (χ0v) is 12.7. The Labute approximate surface area is 125 Å². The van der Waals surface area contributed by atoms with Gasteiger partial charge in [-0.1, -0.05) is 22.0 Å². The van der Waals surface area contributed by atoms with Crippen LogP contribution in [0.4, 0.5) is 0 Å². The van der Waals surface area contributed by atoms with Crippen LogP contribution in [0.5, 0.6) is 5.75 Å². The predicted molar refractivity (Wildman–Crippen MR) is 76.6 cm³/mol. The number of benzene rings is 1. The van der Waals surface area contributed by atoms with Gasteiger partial charge in [0.05, 0.1) is 0 Å². The molecule has 1 heterocycles. The van der Waals surface area contributed by atoms with Crippen LogP contribution in [0.1, 0.15) is 19.8 Å². The third kappa shape index (κ3) is 2.95. The first-order chi connectivity index (χ1) is 9.43. The molecule has 1 N–H and O–H groups in total. The molecule has 1 aliphatic rings. The number of aliphatic carboxylic acids is 1. The molecular formula is C14H16BrNO4. The summed E-state index contributed by atoms with van der Waals surface area (Å²) < 4.78 is 6.28. The van der Waals surface area contributed by atoms with Crippen molar-refractivity contribution >= 4 is 27.8 Å². The number of rotatable bonds is 4. The summed E-state index contributed by atoms with van der Waals surface area (Å²) in [5.41, 5.74) is -1.11. The fraction of sp³-hybridized carbons (Fsp3) is 0.429. The third-order valence-electron chi connectivity index (χ3n) is 3.56. The summed E-state index contributed by atoms with van der Waals surface area (Å²) in [6.07, 6.45) is 1.18. The normalized spacial score (nSPS) is 21.8. The van der Waals surface area contributed by atoms with E-state index in [1.807, 2.05) is 6.07 Å². The van der Waals surface area contributed by atoms with Crippen molar-refractivity contribution in [2.24, 2.45) is 0 Å². The maximum absolute atomic E-state index is 12.1.